The van der Waals surface area contributed by atoms with Crippen molar-refractivity contribution in [3.63, 3.8) is 0 Å². The van der Waals surface area contributed by atoms with Gasteiger partial charge in [-0.1, -0.05) is 6.92 Å². The molecule has 6 heteroatoms. The van der Waals surface area contributed by atoms with Gasteiger partial charge in [0.25, 0.3) is 5.91 Å². The van der Waals surface area contributed by atoms with Crippen LogP contribution in [-0.4, -0.2) is 60.6 Å². The summed E-state index contributed by atoms with van der Waals surface area (Å²) in [5, 5.41) is 8.91. The number of likely N-dealkylation sites (N-methyl/N-ethyl adjacent to an activating group) is 1. The molecule has 2 aliphatic heterocycles. The third kappa shape index (κ3) is 2.82. The Morgan fingerprint density at radius 3 is 3.10 bits per heavy atom. The number of carbonyl (C=O) groups excluding carboxylic acids is 1. The number of hydrogen-bond donors (Lipinski definition) is 0. The molecule has 5 nitrogen and oxygen atoms in total. The topological polar surface area (TPSA) is 56.6 Å². The number of nitriles is 1. The molecule has 2 atom stereocenters. The molecule has 0 N–H and O–H groups in total. The molecule has 0 unspecified atom stereocenters. The molecule has 0 radical (unpaired) electrons. The molecule has 0 bridgehead atoms. The summed E-state index contributed by atoms with van der Waals surface area (Å²) < 4.78 is 5.85. The van der Waals surface area contributed by atoms with Gasteiger partial charge in [-0.2, -0.15) is 5.26 Å². The normalized spacial score (nSPS) is 26.2. The molecule has 2 saturated heterocycles. The first-order valence-corrected chi connectivity index (χ1v) is 8.19. The van der Waals surface area contributed by atoms with Crippen LogP contribution in [0.5, 0.6) is 0 Å². The molecular formula is C15H19N3O2S. The summed E-state index contributed by atoms with van der Waals surface area (Å²) in [5.74, 6) is 0.0396. The molecule has 1 aromatic rings. The fourth-order valence-electron chi connectivity index (χ4n) is 3.13. The summed E-state index contributed by atoms with van der Waals surface area (Å²) in [6.07, 6.45) is 1.14. The molecule has 3 heterocycles. The maximum Gasteiger partial charge on any atom is 0.264 e. The number of amides is 1. The molecule has 0 aromatic carbocycles. The van der Waals surface area contributed by atoms with Crippen LogP contribution in [0.3, 0.4) is 0 Å². The Morgan fingerprint density at radius 2 is 2.38 bits per heavy atom. The van der Waals surface area contributed by atoms with Gasteiger partial charge in [0.15, 0.2) is 0 Å². The number of fused-ring (bicyclic) bond motifs is 1. The molecule has 3 rings (SSSR count). The Balaban J connectivity index is 1.79. The summed E-state index contributed by atoms with van der Waals surface area (Å²) >= 11 is 1.27. The van der Waals surface area contributed by atoms with Gasteiger partial charge in [0, 0.05) is 19.6 Å². The zero-order valence-corrected chi connectivity index (χ0v) is 12.9. The summed E-state index contributed by atoms with van der Waals surface area (Å²) in [6.45, 7) is 6.31. The average molecular weight is 305 g/mol. The molecule has 1 aromatic heterocycles. The highest BCUT2D eigenvalue weighted by atomic mass is 32.1. The zero-order chi connectivity index (χ0) is 14.8. The third-order valence-electron chi connectivity index (χ3n) is 4.30. The summed E-state index contributed by atoms with van der Waals surface area (Å²) in [6, 6.07) is 5.70. The molecule has 0 spiro atoms. The lowest BCUT2D eigenvalue weighted by molar-refractivity contribution is -0.0894. The Morgan fingerprint density at radius 1 is 1.52 bits per heavy atom. The van der Waals surface area contributed by atoms with Crippen LogP contribution in [0.25, 0.3) is 0 Å². The van der Waals surface area contributed by atoms with Crippen molar-refractivity contribution in [2.45, 2.75) is 25.5 Å². The van der Waals surface area contributed by atoms with Crippen LogP contribution in [0.2, 0.25) is 0 Å². The van der Waals surface area contributed by atoms with E-state index in [0.717, 1.165) is 26.1 Å². The van der Waals surface area contributed by atoms with E-state index in [-0.39, 0.29) is 18.1 Å². The number of hydrogen-bond acceptors (Lipinski definition) is 5. The molecule has 112 valence electrons. The first-order chi connectivity index (χ1) is 10.2. The van der Waals surface area contributed by atoms with Gasteiger partial charge in [-0.3, -0.25) is 4.79 Å². The van der Waals surface area contributed by atoms with Crippen molar-refractivity contribution < 1.29 is 9.53 Å². The van der Waals surface area contributed by atoms with E-state index in [2.05, 4.69) is 17.9 Å². The second kappa shape index (κ2) is 6.14. The minimum Gasteiger partial charge on any atom is -0.374 e. The lowest BCUT2D eigenvalue weighted by Crippen LogP contribution is -2.61. The van der Waals surface area contributed by atoms with Crippen molar-refractivity contribution in [3.05, 3.63) is 21.9 Å². The monoisotopic (exact) mass is 305 g/mol. The lowest BCUT2D eigenvalue weighted by Gasteiger charge is -2.46. The van der Waals surface area contributed by atoms with E-state index in [9.17, 15) is 4.79 Å². The second-order valence-corrected chi connectivity index (χ2v) is 6.52. The number of likely N-dealkylation sites (tertiary alicyclic amines) is 1. The summed E-state index contributed by atoms with van der Waals surface area (Å²) in [7, 11) is 0. The van der Waals surface area contributed by atoms with Crippen LogP contribution in [0.1, 0.15) is 27.9 Å². The van der Waals surface area contributed by atoms with Crippen LogP contribution in [-0.2, 0) is 4.74 Å². The molecule has 1 amide bonds. The summed E-state index contributed by atoms with van der Waals surface area (Å²) in [5.41, 5.74) is 0. The van der Waals surface area contributed by atoms with E-state index >= 15 is 0 Å². The number of morpholine rings is 1. The number of rotatable bonds is 2. The molecule has 2 fully saturated rings. The van der Waals surface area contributed by atoms with Crippen molar-refractivity contribution in [3.8, 4) is 6.07 Å². The quantitative estimate of drug-likeness (QED) is 0.832. The van der Waals surface area contributed by atoms with Crippen molar-refractivity contribution in [2.24, 2.45) is 0 Å². The predicted molar refractivity (Wildman–Crippen MR) is 80.3 cm³/mol. The van der Waals surface area contributed by atoms with Crippen molar-refractivity contribution in [2.75, 3.05) is 32.8 Å². The van der Waals surface area contributed by atoms with Crippen molar-refractivity contribution in [1.29, 1.82) is 5.26 Å². The minimum atomic E-state index is 0.0396. The Kier molecular flexibility index (Phi) is 4.24. The largest absolute Gasteiger partial charge is 0.374 e. The minimum absolute atomic E-state index is 0.0396. The van der Waals surface area contributed by atoms with Crippen molar-refractivity contribution >= 4 is 17.2 Å². The van der Waals surface area contributed by atoms with E-state index in [1.165, 1.54) is 11.3 Å². The van der Waals surface area contributed by atoms with Crippen molar-refractivity contribution in [1.82, 2.24) is 9.80 Å². The summed E-state index contributed by atoms with van der Waals surface area (Å²) in [4.78, 5) is 18.3. The van der Waals surface area contributed by atoms with Gasteiger partial charge in [-0.05, 0) is 25.1 Å². The van der Waals surface area contributed by atoms with E-state index < -0.39 is 0 Å². The Hall–Kier alpha value is -1.42. The first-order valence-electron chi connectivity index (χ1n) is 7.37. The van der Waals surface area contributed by atoms with Gasteiger partial charge in [0.05, 0.1) is 23.6 Å². The van der Waals surface area contributed by atoms with Gasteiger partial charge in [-0.15, -0.1) is 11.3 Å². The highest BCUT2D eigenvalue weighted by molar-refractivity contribution is 7.14. The van der Waals surface area contributed by atoms with Crippen LogP contribution in [0.15, 0.2) is 12.1 Å². The first kappa shape index (κ1) is 14.5. The van der Waals surface area contributed by atoms with E-state index in [1.54, 1.807) is 12.1 Å². The number of piperidine rings is 1. The van der Waals surface area contributed by atoms with Crippen LogP contribution < -0.4 is 0 Å². The van der Waals surface area contributed by atoms with Gasteiger partial charge in [0.1, 0.15) is 10.9 Å². The molecule has 0 saturated carbocycles. The van der Waals surface area contributed by atoms with E-state index in [1.807, 2.05) is 4.90 Å². The van der Waals surface area contributed by atoms with Crippen LogP contribution in [0.4, 0.5) is 0 Å². The number of ether oxygens (including phenoxy) is 1. The van der Waals surface area contributed by atoms with Gasteiger partial charge in [-0.25, -0.2) is 0 Å². The second-order valence-electron chi connectivity index (χ2n) is 5.43. The zero-order valence-electron chi connectivity index (χ0n) is 12.1. The SMILES string of the molecule is CCN1CC[C@H]2OCCN(C(=O)c3ccc(C#N)s3)[C@H]2C1. The molecule has 0 aliphatic carbocycles. The van der Waals surface area contributed by atoms with Gasteiger partial charge in [0.2, 0.25) is 0 Å². The number of carbonyl (C=O) groups is 1. The standard InChI is InChI=1S/C15H19N3O2S/c1-2-17-6-5-13-12(10-17)18(7-8-20-13)15(19)14-4-3-11(9-16)21-14/h3-4,12-13H,2,5-8,10H2,1H3/t12-,13+/m0/s1. The fourth-order valence-corrected chi connectivity index (χ4v) is 3.89. The Bertz CT molecular complexity index is 566. The number of nitrogens with zero attached hydrogens (tertiary/aromatic N) is 3. The third-order valence-corrected chi connectivity index (χ3v) is 5.28. The Labute approximate surface area is 128 Å². The van der Waals surface area contributed by atoms with Gasteiger partial charge >= 0.3 is 0 Å². The predicted octanol–water partition coefficient (Wildman–Crippen LogP) is 1.55. The van der Waals surface area contributed by atoms with Crippen LogP contribution >= 0.6 is 11.3 Å². The molecular weight excluding hydrogens is 286 g/mol. The maximum atomic E-state index is 12.7. The smallest absolute Gasteiger partial charge is 0.264 e. The van der Waals surface area contributed by atoms with E-state index in [0.29, 0.717) is 22.9 Å². The van der Waals surface area contributed by atoms with Gasteiger partial charge < -0.3 is 14.5 Å². The van der Waals surface area contributed by atoms with Crippen LogP contribution in [0, 0.1) is 11.3 Å². The van der Waals surface area contributed by atoms with E-state index in [4.69, 9.17) is 10.00 Å². The fraction of sp³-hybridized carbons (Fsp3) is 0.600. The highest BCUT2D eigenvalue weighted by Gasteiger charge is 2.39. The maximum absolute atomic E-state index is 12.7. The number of thiophene rings is 1. The molecule has 2 aliphatic rings. The lowest BCUT2D eigenvalue weighted by atomic mass is 9.98. The average Bonchev–Trinajstić information content (AvgIpc) is 3.02. The molecule has 21 heavy (non-hydrogen) atoms. The highest BCUT2D eigenvalue weighted by Crippen LogP contribution is 2.26.